The lowest BCUT2D eigenvalue weighted by Gasteiger charge is -2.37. The number of methoxy groups -OCH3 is 1. The Morgan fingerprint density at radius 3 is 2.84 bits per heavy atom. The van der Waals surface area contributed by atoms with Crippen LogP contribution in [0.4, 0.5) is 0 Å². The third-order valence-corrected chi connectivity index (χ3v) is 4.83. The van der Waals surface area contributed by atoms with E-state index in [1.54, 1.807) is 7.11 Å². The second-order valence-electron chi connectivity index (χ2n) is 6.86. The third-order valence-electron chi connectivity index (χ3n) is 4.83. The van der Waals surface area contributed by atoms with Gasteiger partial charge in [-0.05, 0) is 43.9 Å². The van der Waals surface area contributed by atoms with Gasteiger partial charge in [0.2, 0.25) is 5.91 Å². The molecule has 25 heavy (non-hydrogen) atoms. The highest BCUT2D eigenvalue weighted by Gasteiger charge is 2.32. The number of piperidine rings is 1. The fourth-order valence-electron chi connectivity index (χ4n) is 3.26. The van der Waals surface area contributed by atoms with Crippen LogP contribution in [0.25, 0.3) is 0 Å². The first-order valence-corrected chi connectivity index (χ1v) is 9.23. The van der Waals surface area contributed by atoms with Crippen LogP contribution < -0.4 is 5.32 Å². The molecule has 1 saturated heterocycles. The number of ether oxygens (including phenoxy) is 1. The summed E-state index contributed by atoms with van der Waals surface area (Å²) in [6.45, 7) is 5.86. The van der Waals surface area contributed by atoms with E-state index < -0.39 is 0 Å². The molecule has 2 rings (SSSR count). The van der Waals surface area contributed by atoms with Crippen molar-refractivity contribution >= 4 is 11.8 Å². The van der Waals surface area contributed by atoms with E-state index in [4.69, 9.17) is 4.74 Å². The summed E-state index contributed by atoms with van der Waals surface area (Å²) in [7, 11) is 1.64. The van der Waals surface area contributed by atoms with Crippen molar-refractivity contribution in [2.45, 2.75) is 52.2 Å². The summed E-state index contributed by atoms with van der Waals surface area (Å²) in [5, 5.41) is 3.00. The molecule has 0 radical (unpaired) electrons. The van der Waals surface area contributed by atoms with E-state index in [-0.39, 0.29) is 23.8 Å². The Morgan fingerprint density at radius 2 is 2.12 bits per heavy atom. The van der Waals surface area contributed by atoms with Crippen LogP contribution >= 0.6 is 0 Å². The molecule has 0 unspecified atom stereocenters. The average molecular weight is 346 g/mol. The van der Waals surface area contributed by atoms with Crippen molar-refractivity contribution in [3.05, 3.63) is 35.4 Å². The Hall–Kier alpha value is -1.88. The highest BCUT2D eigenvalue weighted by atomic mass is 16.5. The number of likely N-dealkylation sites (tertiary alicyclic amines) is 1. The molecule has 1 aromatic carbocycles. The normalized spacial score (nSPS) is 20.4. The average Bonchev–Trinajstić information content (AvgIpc) is 2.62. The number of hydrogen-bond donors (Lipinski definition) is 1. The SMILES string of the molecule is CCCCNC(=O)[C@H]1CC[C@H](C)N(C(=O)c2cccc(COC)c2)C1. The monoisotopic (exact) mass is 346 g/mol. The summed E-state index contributed by atoms with van der Waals surface area (Å²) in [6.07, 6.45) is 3.75. The van der Waals surface area contributed by atoms with Crippen LogP contribution in [0.2, 0.25) is 0 Å². The maximum atomic E-state index is 12.9. The molecule has 1 aliphatic heterocycles. The Kier molecular flexibility index (Phi) is 7.44. The molecule has 1 heterocycles. The van der Waals surface area contributed by atoms with E-state index >= 15 is 0 Å². The van der Waals surface area contributed by atoms with Gasteiger partial charge in [0.05, 0.1) is 12.5 Å². The maximum absolute atomic E-state index is 12.9. The minimum absolute atomic E-state index is 0.00323. The Balaban J connectivity index is 2.04. The van der Waals surface area contributed by atoms with Gasteiger partial charge in [0.1, 0.15) is 0 Å². The number of hydrogen-bond acceptors (Lipinski definition) is 3. The number of carbonyl (C=O) groups is 2. The molecule has 0 aliphatic carbocycles. The quantitative estimate of drug-likeness (QED) is 0.772. The second kappa shape index (κ2) is 9.56. The smallest absolute Gasteiger partial charge is 0.254 e. The summed E-state index contributed by atoms with van der Waals surface area (Å²) in [5.41, 5.74) is 1.64. The van der Waals surface area contributed by atoms with Crippen molar-refractivity contribution < 1.29 is 14.3 Å². The molecule has 1 aliphatic rings. The summed E-state index contributed by atoms with van der Waals surface area (Å²) in [4.78, 5) is 27.2. The Morgan fingerprint density at radius 1 is 1.32 bits per heavy atom. The number of nitrogens with zero attached hydrogens (tertiary/aromatic N) is 1. The van der Waals surface area contributed by atoms with Crippen LogP contribution in [-0.4, -0.2) is 43.0 Å². The molecule has 1 N–H and O–H groups in total. The van der Waals surface area contributed by atoms with Crippen molar-refractivity contribution in [2.24, 2.45) is 5.92 Å². The Bertz CT molecular complexity index is 588. The first-order chi connectivity index (χ1) is 12.1. The summed E-state index contributed by atoms with van der Waals surface area (Å²) >= 11 is 0. The summed E-state index contributed by atoms with van der Waals surface area (Å²) < 4.78 is 5.15. The highest BCUT2D eigenvalue weighted by Crippen LogP contribution is 2.24. The van der Waals surface area contributed by atoms with Crippen LogP contribution in [0.3, 0.4) is 0 Å². The zero-order valence-electron chi connectivity index (χ0n) is 15.6. The molecule has 0 saturated carbocycles. The standard InChI is InChI=1S/C20H30N2O3/c1-4-5-11-21-19(23)18-10-9-15(2)22(13-18)20(24)17-8-6-7-16(12-17)14-25-3/h6-8,12,15,18H,4-5,9-11,13-14H2,1-3H3,(H,21,23)/t15-,18-/m0/s1. The molecular formula is C20H30N2O3. The number of unbranched alkanes of at least 4 members (excludes halogenated alkanes) is 1. The number of nitrogens with one attached hydrogen (secondary N) is 1. The van der Waals surface area contributed by atoms with Crippen LogP contribution in [0.15, 0.2) is 24.3 Å². The first kappa shape index (κ1) is 19.4. The lowest BCUT2D eigenvalue weighted by atomic mass is 9.92. The van der Waals surface area contributed by atoms with Crippen molar-refractivity contribution in [3.8, 4) is 0 Å². The van der Waals surface area contributed by atoms with E-state index in [1.807, 2.05) is 29.2 Å². The molecule has 1 fully saturated rings. The predicted molar refractivity (Wildman–Crippen MR) is 98.3 cm³/mol. The zero-order valence-corrected chi connectivity index (χ0v) is 15.6. The van der Waals surface area contributed by atoms with E-state index in [1.165, 1.54) is 0 Å². The number of benzene rings is 1. The Labute approximate surface area is 150 Å². The van der Waals surface area contributed by atoms with Crippen molar-refractivity contribution in [3.63, 3.8) is 0 Å². The van der Waals surface area contributed by atoms with E-state index in [9.17, 15) is 9.59 Å². The van der Waals surface area contributed by atoms with Crippen molar-refractivity contribution in [1.82, 2.24) is 10.2 Å². The van der Waals surface area contributed by atoms with Gasteiger partial charge in [0, 0.05) is 31.8 Å². The highest BCUT2D eigenvalue weighted by molar-refractivity contribution is 5.95. The molecular weight excluding hydrogens is 316 g/mol. The molecule has 0 spiro atoms. The lowest BCUT2D eigenvalue weighted by Crippen LogP contribution is -2.49. The van der Waals surface area contributed by atoms with Crippen LogP contribution in [-0.2, 0) is 16.1 Å². The summed E-state index contributed by atoms with van der Waals surface area (Å²) in [5.74, 6) is -0.0399. The minimum atomic E-state index is -0.112. The van der Waals surface area contributed by atoms with Gasteiger partial charge in [-0.3, -0.25) is 9.59 Å². The van der Waals surface area contributed by atoms with Crippen molar-refractivity contribution in [2.75, 3.05) is 20.2 Å². The number of rotatable bonds is 7. The zero-order chi connectivity index (χ0) is 18.2. The third kappa shape index (κ3) is 5.30. The largest absolute Gasteiger partial charge is 0.380 e. The van der Waals surface area contributed by atoms with Gasteiger partial charge in [0.25, 0.3) is 5.91 Å². The van der Waals surface area contributed by atoms with Gasteiger partial charge in [-0.25, -0.2) is 0 Å². The fourth-order valence-corrected chi connectivity index (χ4v) is 3.26. The lowest BCUT2D eigenvalue weighted by molar-refractivity contribution is -0.126. The van der Waals surface area contributed by atoms with E-state index in [0.29, 0.717) is 25.3 Å². The minimum Gasteiger partial charge on any atom is -0.380 e. The van der Waals surface area contributed by atoms with Crippen LogP contribution in [0, 0.1) is 5.92 Å². The predicted octanol–water partition coefficient (Wildman–Crippen LogP) is 2.99. The summed E-state index contributed by atoms with van der Waals surface area (Å²) in [6, 6.07) is 7.69. The van der Waals surface area contributed by atoms with Gasteiger partial charge in [-0.1, -0.05) is 25.5 Å². The molecule has 0 bridgehead atoms. The van der Waals surface area contributed by atoms with Crippen LogP contribution in [0.1, 0.15) is 55.5 Å². The molecule has 0 aromatic heterocycles. The molecule has 1 aromatic rings. The second-order valence-corrected chi connectivity index (χ2v) is 6.86. The number of amides is 2. The van der Waals surface area contributed by atoms with Gasteiger partial charge >= 0.3 is 0 Å². The topological polar surface area (TPSA) is 58.6 Å². The van der Waals surface area contributed by atoms with Gasteiger partial charge in [-0.2, -0.15) is 0 Å². The molecule has 2 atom stereocenters. The van der Waals surface area contributed by atoms with E-state index in [0.717, 1.165) is 31.2 Å². The van der Waals surface area contributed by atoms with E-state index in [2.05, 4.69) is 19.2 Å². The van der Waals surface area contributed by atoms with Gasteiger partial charge in [0.15, 0.2) is 0 Å². The van der Waals surface area contributed by atoms with Gasteiger partial charge < -0.3 is 15.0 Å². The van der Waals surface area contributed by atoms with Gasteiger partial charge in [-0.15, -0.1) is 0 Å². The molecule has 2 amide bonds. The van der Waals surface area contributed by atoms with Crippen LogP contribution in [0.5, 0.6) is 0 Å². The fraction of sp³-hybridized carbons (Fsp3) is 0.600. The number of carbonyl (C=O) groups excluding carboxylic acids is 2. The maximum Gasteiger partial charge on any atom is 0.254 e. The molecule has 138 valence electrons. The molecule has 5 nitrogen and oxygen atoms in total. The first-order valence-electron chi connectivity index (χ1n) is 9.23. The van der Waals surface area contributed by atoms with Crippen molar-refractivity contribution in [1.29, 1.82) is 0 Å². The molecule has 5 heteroatoms.